The Hall–Kier alpha value is -4.13. The van der Waals surface area contributed by atoms with Gasteiger partial charge in [-0.2, -0.15) is 0 Å². The number of benzene rings is 3. The average Bonchev–Trinajstić information content (AvgIpc) is 2.83. The zero-order valence-corrected chi connectivity index (χ0v) is 19.1. The summed E-state index contributed by atoms with van der Waals surface area (Å²) < 4.78 is 0. The van der Waals surface area contributed by atoms with Crippen molar-refractivity contribution in [2.45, 2.75) is 26.2 Å². The first-order valence-corrected chi connectivity index (χ1v) is 10.9. The van der Waals surface area contributed by atoms with Gasteiger partial charge in [-0.25, -0.2) is 9.98 Å². The molecule has 1 heterocycles. The number of nitrogens with one attached hydrogen (secondary N) is 4. The van der Waals surface area contributed by atoms with Crippen LogP contribution in [0.1, 0.15) is 23.6 Å². The summed E-state index contributed by atoms with van der Waals surface area (Å²) in [7, 11) is 1.95. The highest BCUT2D eigenvalue weighted by molar-refractivity contribution is 6.01. The van der Waals surface area contributed by atoms with Crippen LogP contribution >= 0.6 is 0 Å². The largest absolute Gasteiger partial charge is 0.380 e. The van der Waals surface area contributed by atoms with Crippen LogP contribution in [0.15, 0.2) is 82.8 Å². The Labute approximate surface area is 194 Å². The predicted octanol–water partition coefficient (Wildman–Crippen LogP) is 4.81. The molecule has 0 aromatic heterocycles. The summed E-state index contributed by atoms with van der Waals surface area (Å²) in [5, 5.41) is 17.7. The summed E-state index contributed by atoms with van der Waals surface area (Å²) in [6.07, 6.45) is 3.03. The number of aryl methyl sites for hydroxylation is 1. The molecular formula is C26H29N7. The van der Waals surface area contributed by atoms with Crippen molar-refractivity contribution in [3.8, 4) is 0 Å². The van der Waals surface area contributed by atoms with Crippen LogP contribution in [-0.2, 0) is 6.54 Å². The van der Waals surface area contributed by atoms with Gasteiger partial charge in [0.05, 0.1) is 6.34 Å². The molecule has 4 rings (SSSR count). The molecule has 0 saturated heterocycles. The molecule has 3 aromatic carbocycles. The number of guanidine groups is 1. The third kappa shape index (κ3) is 5.20. The summed E-state index contributed by atoms with van der Waals surface area (Å²) in [4.78, 5) is 11.4. The molecule has 1 aliphatic heterocycles. The number of hydrogen-bond acceptors (Lipinski definition) is 7. The van der Waals surface area contributed by atoms with Crippen LogP contribution in [-0.4, -0.2) is 31.3 Å². The Balaban J connectivity index is 1.52. The normalized spacial score (nSPS) is 17.0. The summed E-state index contributed by atoms with van der Waals surface area (Å²) in [5.41, 5.74) is 5.95. The van der Waals surface area contributed by atoms with Gasteiger partial charge >= 0.3 is 0 Å². The molecule has 33 heavy (non-hydrogen) atoms. The minimum atomic E-state index is -0.838. The van der Waals surface area contributed by atoms with Crippen molar-refractivity contribution in [2.75, 3.05) is 22.6 Å². The first-order valence-electron chi connectivity index (χ1n) is 10.9. The number of aliphatic imine (C=N–C) groups is 2. The van der Waals surface area contributed by atoms with Crippen molar-refractivity contribution in [3.05, 3.63) is 89.5 Å². The fourth-order valence-corrected chi connectivity index (χ4v) is 3.65. The maximum Gasteiger partial charge on any atom is 0.229 e. The highest BCUT2D eigenvalue weighted by Crippen LogP contribution is 2.29. The number of nitrogens with zero attached hydrogens (tertiary/aromatic N) is 3. The van der Waals surface area contributed by atoms with Gasteiger partial charge in [-0.15, -0.1) is 0 Å². The van der Waals surface area contributed by atoms with E-state index < -0.39 is 5.79 Å². The molecule has 1 unspecified atom stereocenters. The van der Waals surface area contributed by atoms with Crippen molar-refractivity contribution in [3.63, 3.8) is 0 Å². The fourth-order valence-electron chi connectivity index (χ4n) is 3.65. The minimum Gasteiger partial charge on any atom is -0.380 e. The van der Waals surface area contributed by atoms with E-state index in [1.54, 1.807) is 6.34 Å². The van der Waals surface area contributed by atoms with Crippen LogP contribution in [0.5, 0.6) is 0 Å². The van der Waals surface area contributed by atoms with Gasteiger partial charge in [0.25, 0.3) is 0 Å². The van der Waals surface area contributed by atoms with Crippen LogP contribution in [0, 0.1) is 12.3 Å². The van der Waals surface area contributed by atoms with E-state index in [4.69, 9.17) is 10.4 Å². The maximum atomic E-state index is 7.91. The molecule has 168 valence electrons. The molecule has 0 fully saturated rings. The lowest BCUT2D eigenvalue weighted by atomic mass is 10.1. The molecule has 0 spiro atoms. The van der Waals surface area contributed by atoms with E-state index in [9.17, 15) is 0 Å². The van der Waals surface area contributed by atoms with E-state index in [2.05, 4.69) is 52.1 Å². The standard InChI is InChI=1S/C26H29N7/c1-19-8-7-11-22(14-19)31-25-29-18-30-26(2,32-25)33(3)23-12-13-24(21(15-23)16-27)28-17-20-9-5-4-6-10-20/h4-16,18,27-28H,17H2,1-3H3,(H2,29,30,31,32). The first kappa shape index (κ1) is 22.1. The van der Waals surface area contributed by atoms with Crippen LogP contribution in [0.25, 0.3) is 0 Å². The zero-order chi connectivity index (χ0) is 23.3. The topological polar surface area (TPSA) is 87.9 Å². The molecule has 7 nitrogen and oxygen atoms in total. The minimum absolute atomic E-state index is 0.623. The van der Waals surface area contributed by atoms with Crippen LogP contribution in [0.4, 0.5) is 17.1 Å². The third-order valence-electron chi connectivity index (χ3n) is 5.65. The molecular weight excluding hydrogens is 410 g/mol. The van der Waals surface area contributed by atoms with E-state index >= 15 is 0 Å². The van der Waals surface area contributed by atoms with Gasteiger partial charge in [-0.3, -0.25) is 0 Å². The monoisotopic (exact) mass is 439 g/mol. The summed E-state index contributed by atoms with van der Waals surface area (Å²) >= 11 is 0. The van der Waals surface area contributed by atoms with Gasteiger partial charge in [0.1, 0.15) is 0 Å². The first-order chi connectivity index (χ1) is 16.0. The summed E-state index contributed by atoms with van der Waals surface area (Å²) in [5.74, 6) is -0.214. The number of rotatable bonds is 7. The molecule has 4 N–H and O–H groups in total. The molecule has 0 saturated carbocycles. The molecule has 1 atom stereocenters. The second-order valence-corrected chi connectivity index (χ2v) is 8.14. The van der Waals surface area contributed by atoms with Crippen LogP contribution < -0.4 is 20.9 Å². The van der Waals surface area contributed by atoms with Gasteiger partial charge < -0.3 is 26.3 Å². The lowest BCUT2D eigenvalue weighted by Gasteiger charge is -2.36. The summed E-state index contributed by atoms with van der Waals surface area (Å²) in [6, 6.07) is 24.3. The van der Waals surface area contributed by atoms with Crippen molar-refractivity contribution in [1.29, 1.82) is 5.41 Å². The Kier molecular flexibility index (Phi) is 6.40. The summed E-state index contributed by atoms with van der Waals surface area (Å²) in [6.45, 7) is 4.71. The second-order valence-electron chi connectivity index (χ2n) is 8.14. The molecule has 1 aliphatic rings. The number of hydrogen-bond donors (Lipinski definition) is 4. The van der Waals surface area contributed by atoms with Crippen LogP contribution in [0.2, 0.25) is 0 Å². The highest BCUT2D eigenvalue weighted by Gasteiger charge is 2.31. The average molecular weight is 440 g/mol. The molecule has 0 bridgehead atoms. The van der Waals surface area contributed by atoms with Gasteiger partial charge in [0, 0.05) is 49.4 Å². The molecule has 3 aromatic rings. The van der Waals surface area contributed by atoms with Gasteiger partial charge in [-0.05, 0) is 48.4 Å². The zero-order valence-electron chi connectivity index (χ0n) is 19.1. The van der Waals surface area contributed by atoms with Crippen molar-refractivity contribution < 1.29 is 0 Å². The smallest absolute Gasteiger partial charge is 0.229 e. The SMILES string of the molecule is Cc1cccc(NC2=NC(C)(N(C)c3ccc(NCc4ccccc4)c(C=N)c3)N=CN2)c1. The molecule has 0 radical (unpaired) electrons. The van der Waals surface area contributed by atoms with E-state index in [0.717, 1.165) is 22.6 Å². The number of anilines is 3. The molecule has 0 amide bonds. The second kappa shape index (κ2) is 9.56. The van der Waals surface area contributed by atoms with Crippen molar-refractivity contribution in [2.24, 2.45) is 9.98 Å². The van der Waals surface area contributed by atoms with E-state index in [1.807, 2.05) is 67.4 Å². The maximum absolute atomic E-state index is 7.91. The van der Waals surface area contributed by atoms with Gasteiger partial charge in [0.2, 0.25) is 11.7 Å². The molecule has 7 heteroatoms. The van der Waals surface area contributed by atoms with E-state index in [-0.39, 0.29) is 0 Å². The van der Waals surface area contributed by atoms with Gasteiger partial charge in [-0.1, -0.05) is 42.5 Å². The lowest BCUT2D eigenvalue weighted by molar-refractivity contribution is 0.482. The van der Waals surface area contributed by atoms with Crippen LogP contribution in [0.3, 0.4) is 0 Å². The Morgan fingerprint density at radius 3 is 2.64 bits per heavy atom. The predicted molar refractivity (Wildman–Crippen MR) is 139 cm³/mol. The molecule has 0 aliphatic carbocycles. The Morgan fingerprint density at radius 1 is 1.06 bits per heavy atom. The Bertz CT molecular complexity index is 1190. The highest BCUT2D eigenvalue weighted by atomic mass is 15.4. The van der Waals surface area contributed by atoms with Gasteiger partial charge in [0.15, 0.2) is 0 Å². The quantitative estimate of drug-likeness (QED) is 0.398. The van der Waals surface area contributed by atoms with Crippen molar-refractivity contribution >= 4 is 35.6 Å². The fraction of sp³-hybridized carbons (Fsp3) is 0.192. The van der Waals surface area contributed by atoms with E-state index in [0.29, 0.717) is 12.5 Å². The van der Waals surface area contributed by atoms with E-state index in [1.165, 1.54) is 17.3 Å². The Morgan fingerprint density at radius 2 is 1.88 bits per heavy atom. The van der Waals surface area contributed by atoms with Crippen molar-refractivity contribution in [1.82, 2.24) is 5.32 Å². The third-order valence-corrected chi connectivity index (χ3v) is 5.65. The lowest BCUT2D eigenvalue weighted by Crippen LogP contribution is -2.48.